The second-order valence-corrected chi connectivity index (χ2v) is 5.58. The number of rotatable bonds is 2. The molecule has 0 radical (unpaired) electrons. The number of benzene rings is 2. The van der Waals surface area contributed by atoms with E-state index in [0.29, 0.717) is 11.4 Å². The molecule has 0 spiro atoms. The molecule has 0 unspecified atom stereocenters. The van der Waals surface area contributed by atoms with Crippen molar-refractivity contribution in [1.82, 2.24) is 9.97 Å². The molecule has 0 aliphatic heterocycles. The van der Waals surface area contributed by atoms with Crippen molar-refractivity contribution in [1.29, 1.82) is 0 Å². The first-order valence-corrected chi connectivity index (χ1v) is 6.97. The van der Waals surface area contributed by atoms with Gasteiger partial charge >= 0.3 is 0 Å². The number of nitrogen functional groups attached to an aromatic ring is 1. The van der Waals surface area contributed by atoms with Gasteiger partial charge in [0.2, 0.25) is 0 Å². The number of imidazole rings is 1. The van der Waals surface area contributed by atoms with Crippen molar-refractivity contribution in [3.05, 3.63) is 40.4 Å². The molecule has 5 heteroatoms. The third-order valence-electron chi connectivity index (χ3n) is 3.22. The number of nitrogens with zero attached hydrogens (tertiary/aromatic N) is 1. The Morgan fingerprint density at radius 1 is 1.25 bits per heavy atom. The van der Waals surface area contributed by atoms with Gasteiger partial charge in [-0.3, -0.25) is 0 Å². The van der Waals surface area contributed by atoms with Gasteiger partial charge in [-0.05, 0) is 36.8 Å². The van der Waals surface area contributed by atoms with Crippen LogP contribution in [0.15, 0.2) is 34.8 Å². The van der Waals surface area contributed by atoms with E-state index in [1.54, 1.807) is 13.2 Å². The van der Waals surface area contributed by atoms with Crippen LogP contribution in [0.1, 0.15) is 5.56 Å². The molecule has 0 aliphatic rings. The number of nitrogens with two attached hydrogens (primary N) is 1. The van der Waals surface area contributed by atoms with Crippen LogP contribution in [-0.2, 0) is 0 Å². The zero-order chi connectivity index (χ0) is 14.3. The van der Waals surface area contributed by atoms with E-state index in [-0.39, 0.29) is 0 Å². The lowest BCUT2D eigenvalue weighted by molar-refractivity contribution is 0.416. The number of hydrogen-bond acceptors (Lipinski definition) is 3. The maximum Gasteiger partial charge on any atom is 0.142 e. The van der Waals surface area contributed by atoms with Crippen LogP contribution in [0.2, 0.25) is 0 Å². The quantitative estimate of drug-likeness (QED) is 0.700. The molecule has 4 nitrogen and oxygen atoms in total. The number of fused-ring (bicyclic) bond motifs is 1. The van der Waals surface area contributed by atoms with Crippen LogP contribution in [-0.4, -0.2) is 17.1 Å². The number of ether oxygens (including phenoxy) is 1. The molecule has 0 saturated carbocycles. The number of H-pyrrole nitrogens is 1. The molecule has 3 N–H and O–H groups in total. The predicted molar refractivity (Wildman–Crippen MR) is 84.9 cm³/mol. The Bertz CT molecular complexity index is 795. The summed E-state index contributed by atoms with van der Waals surface area (Å²) in [5, 5.41) is 0. The van der Waals surface area contributed by atoms with Crippen molar-refractivity contribution < 1.29 is 4.74 Å². The van der Waals surface area contributed by atoms with Gasteiger partial charge in [-0.2, -0.15) is 0 Å². The molecule has 0 aliphatic carbocycles. The molecular weight excluding hydrogens is 318 g/mol. The van der Waals surface area contributed by atoms with Crippen LogP contribution >= 0.6 is 15.9 Å². The first kappa shape index (κ1) is 13.0. The van der Waals surface area contributed by atoms with Gasteiger partial charge in [0.05, 0.1) is 23.7 Å². The minimum absolute atomic E-state index is 0.667. The van der Waals surface area contributed by atoms with Crippen LogP contribution in [0.3, 0.4) is 0 Å². The molecule has 3 aromatic rings. The molecule has 0 saturated heterocycles. The number of halogens is 1. The van der Waals surface area contributed by atoms with Crippen LogP contribution in [0.5, 0.6) is 5.75 Å². The topological polar surface area (TPSA) is 63.9 Å². The van der Waals surface area contributed by atoms with E-state index >= 15 is 0 Å². The van der Waals surface area contributed by atoms with Gasteiger partial charge < -0.3 is 15.5 Å². The number of hydrogen-bond donors (Lipinski definition) is 2. The van der Waals surface area contributed by atoms with Crippen molar-refractivity contribution in [3.63, 3.8) is 0 Å². The molecule has 0 bridgehead atoms. The van der Waals surface area contributed by atoms with Crippen LogP contribution in [0.25, 0.3) is 22.4 Å². The summed E-state index contributed by atoms with van der Waals surface area (Å²) in [6.07, 6.45) is 0. The summed E-state index contributed by atoms with van der Waals surface area (Å²) in [5.41, 5.74) is 10.4. The summed E-state index contributed by atoms with van der Waals surface area (Å²) in [6.45, 7) is 2.04. The molecule has 2 aromatic carbocycles. The summed E-state index contributed by atoms with van der Waals surface area (Å²) >= 11 is 3.50. The van der Waals surface area contributed by atoms with Gasteiger partial charge in [0.25, 0.3) is 0 Å². The van der Waals surface area contributed by atoms with E-state index in [1.165, 1.54) is 0 Å². The molecule has 20 heavy (non-hydrogen) atoms. The lowest BCUT2D eigenvalue weighted by atomic mass is 10.1. The Labute approximate surface area is 125 Å². The Morgan fingerprint density at radius 2 is 2.05 bits per heavy atom. The maximum atomic E-state index is 5.78. The number of methoxy groups -OCH3 is 1. The second kappa shape index (κ2) is 4.83. The SMILES string of the molecule is COc1cc(N)ccc1-c1nc2c(C)cc(Br)cc2[nH]1. The zero-order valence-electron chi connectivity index (χ0n) is 11.2. The van der Waals surface area contributed by atoms with Gasteiger partial charge in [0, 0.05) is 16.2 Å². The minimum atomic E-state index is 0.667. The van der Waals surface area contributed by atoms with Crippen molar-refractivity contribution in [3.8, 4) is 17.1 Å². The summed E-state index contributed by atoms with van der Waals surface area (Å²) in [7, 11) is 1.63. The van der Waals surface area contributed by atoms with Gasteiger partial charge in [0.1, 0.15) is 11.6 Å². The van der Waals surface area contributed by atoms with Crippen molar-refractivity contribution in [2.45, 2.75) is 6.92 Å². The lowest BCUT2D eigenvalue weighted by Crippen LogP contribution is -1.92. The molecular formula is C15H14BrN3O. The average Bonchev–Trinajstić information content (AvgIpc) is 2.82. The Hall–Kier alpha value is -2.01. The highest BCUT2D eigenvalue weighted by Crippen LogP contribution is 2.32. The number of aryl methyl sites for hydroxylation is 1. The average molecular weight is 332 g/mol. The van der Waals surface area contributed by atoms with Crippen LogP contribution in [0, 0.1) is 6.92 Å². The Kier molecular flexibility index (Phi) is 3.14. The Morgan fingerprint density at radius 3 is 2.80 bits per heavy atom. The van der Waals surface area contributed by atoms with Gasteiger partial charge in [-0.25, -0.2) is 4.98 Å². The largest absolute Gasteiger partial charge is 0.496 e. The highest BCUT2D eigenvalue weighted by Gasteiger charge is 2.12. The van der Waals surface area contributed by atoms with Gasteiger partial charge in [-0.1, -0.05) is 15.9 Å². The lowest BCUT2D eigenvalue weighted by Gasteiger charge is -2.06. The van der Waals surface area contributed by atoms with Crippen LogP contribution < -0.4 is 10.5 Å². The van der Waals surface area contributed by atoms with Crippen LogP contribution in [0.4, 0.5) is 5.69 Å². The van der Waals surface area contributed by atoms with E-state index in [1.807, 2.05) is 31.2 Å². The number of anilines is 1. The Balaban J connectivity index is 2.22. The predicted octanol–water partition coefficient (Wildman–Crippen LogP) is 3.89. The fourth-order valence-corrected chi connectivity index (χ4v) is 2.85. The first-order valence-electron chi connectivity index (χ1n) is 6.18. The summed E-state index contributed by atoms with van der Waals surface area (Å²) < 4.78 is 6.41. The molecule has 0 atom stereocenters. The molecule has 1 aromatic heterocycles. The van der Waals surface area contributed by atoms with Crippen molar-refractivity contribution in [2.75, 3.05) is 12.8 Å². The highest BCUT2D eigenvalue weighted by atomic mass is 79.9. The molecule has 3 rings (SSSR count). The normalized spacial score (nSPS) is 10.9. The van der Waals surface area contributed by atoms with E-state index in [9.17, 15) is 0 Å². The zero-order valence-corrected chi connectivity index (χ0v) is 12.8. The first-order chi connectivity index (χ1) is 9.58. The van der Waals surface area contributed by atoms with E-state index in [2.05, 4.69) is 25.9 Å². The number of nitrogens with one attached hydrogen (secondary N) is 1. The fourth-order valence-electron chi connectivity index (χ4n) is 2.28. The van der Waals surface area contributed by atoms with E-state index in [0.717, 1.165) is 32.5 Å². The van der Waals surface area contributed by atoms with Gasteiger partial charge in [-0.15, -0.1) is 0 Å². The summed E-state index contributed by atoms with van der Waals surface area (Å²) in [6, 6.07) is 9.62. The highest BCUT2D eigenvalue weighted by molar-refractivity contribution is 9.10. The van der Waals surface area contributed by atoms with E-state index < -0.39 is 0 Å². The maximum absolute atomic E-state index is 5.78. The molecule has 0 fully saturated rings. The number of aromatic nitrogens is 2. The van der Waals surface area contributed by atoms with Crippen molar-refractivity contribution >= 4 is 32.7 Å². The summed E-state index contributed by atoms with van der Waals surface area (Å²) in [4.78, 5) is 7.99. The third kappa shape index (κ3) is 2.14. The smallest absolute Gasteiger partial charge is 0.142 e. The second-order valence-electron chi connectivity index (χ2n) is 4.66. The number of aromatic amines is 1. The van der Waals surface area contributed by atoms with Gasteiger partial charge in [0.15, 0.2) is 0 Å². The molecule has 102 valence electrons. The summed E-state index contributed by atoms with van der Waals surface area (Å²) in [5.74, 6) is 1.49. The monoisotopic (exact) mass is 331 g/mol. The molecule has 0 amide bonds. The van der Waals surface area contributed by atoms with E-state index in [4.69, 9.17) is 10.5 Å². The third-order valence-corrected chi connectivity index (χ3v) is 3.68. The standard InChI is InChI=1S/C15H14BrN3O/c1-8-5-9(16)6-12-14(8)19-15(18-12)11-4-3-10(17)7-13(11)20-2/h3-7H,17H2,1-2H3,(H,18,19). The van der Waals surface area contributed by atoms with Crippen molar-refractivity contribution in [2.24, 2.45) is 0 Å². The fraction of sp³-hybridized carbons (Fsp3) is 0.133. The molecule has 1 heterocycles. The minimum Gasteiger partial charge on any atom is -0.496 e.